The Bertz CT molecular complexity index is 1330. The largest absolute Gasteiger partial charge is 0.393 e. The summed E-state index contributed by atoms with van der Waals surface area (Å²) >= 11 is 1.40. The van der Waals surface area contributed by atoms with Crippen LogP contribution in [0, 0.1) is 0 Å². The summed E-state index contributed by atoms with van der Waals surface area (Å²) in [7, 11) is 0. The van der Waals surface area contributed by atoms with Gasteiger partial charge in [-0.15, -0.1) is 11.3 Å². The number of carbonyl (C=O) groups excluding carboxylic acids is 1. The van der Waals surface area contributed by atoms with Crippen molar-refractivity contribution in [3.05, 3.63) is 93.8 Å². The van der Waals surface area contributed by atoms with Crippen molar-refractivity contribution in [1.82, 2.24) is 15.4 Å². The van der Waals surface area contributed by atoms with Crippen LogP contribution in [0.2, 0.25) is 0 Å². The normalized spacial score (nSPS) is 22.1. The molecular formula is C29H31N3O3S. The van der Waals surface area contributed by atoms with Crippen LogP contribution in [0.1, 0.15) is 64.2 Å². The van der Waals surface area contributed by atoms with Crippen molar-refractivity contribution in [3.8, 4) is 0 Å². The molecule has 2 aromatic heterocycles. The maximum Gasteiger partial charge on any atom is 0.275 e. The standard InChI is InChI=1S/C29H31N3O3S/c33-23-15-24(17-30-31-29(34)27-6-3-13-36-27)35-28(16-23)32-18-22(25-4-1-2-5-26(25)32)14-19-7-9-20(10-8-19)21-11-12-21/h1-10,13,18,21,23-24,28,30,33H,11-12,14-17H2,(H,31,34)/t23-,24-,28+/m0/s1. The molecular weight excluding hydrogens is 470 g/mol. The summed E-state index contributed by atoms with van der Waals surface area (Å²) in [5.74, 6) is 0.603. The third kappa shape index (κ3) is 5.11. The number of nitrogens with one attached hydrogen (secondary N) is 2. The molecule has 1 aliphatic carbocycles. The molecule has 3 atom stereocenters. The molecule has 0 unspecified atom stereocenters. The zero-order valence-electron chi connectivity index (χ0n) is 20.1. The van der Waals surface area contributed by atoms with E-state index in [2.05, 4.69) is 64.1 Å². The van der Waals surface area contributed by atoms with Gasteiger partial charge in [0.25, 0.3) is 5.91 Å². The Morgan fingerprint density at radius 1 is 1.06 bits per heavy atom. The number of para-hydroxylation sites is 1. The van der Waals surface area contributed by atoms with E-state index in [0.29, 0.717) is 24.3 Å². The summed E-state index contributed by atoms with van der Waals surface area (Å²) in [5, 5.41) is 13.7. The lowest BCUT2D eigenvalue weighted by atomic mass is 10.0. The van der Waals surface area contributed by atoms with Crippen LogP contribution in [0.4, 0.5) is 0 Å². The van der Waals surface area contributed by atoms with E-state index >= 15 is 0 Å². The number of thiophene rings is 1. The highest BCUT2D eigenvalue weighted by molar-refractivity contribution is 7.12. The first-order valence-corrected chi connectivity index (χ1v) is 13.6. The predicted octanol–water partition coefficient (Wildman–Crippen LogP) is 5.14. The SMILES string of the molecule is O=C(NNC[C@@H]1C[C@H](O)C[C@H](n2cc(Cc3ccc(C4CC4)cc3)c3ccccc32)O1)c1cccs1. The van der Waals surface area contributed by atoms with Crippen molar-refractivity contribution in [2.45, 2.75) is 56.5 Å². The van der Waals surface area contributed by atoms with E-state index in [9.17, 15) is 9.90 Å². The first-order valence-electron chi connectivity index (χ1n) is 12.7. The molecule has 1 saturated heterocycles. The van der Waals surface area contributed by atoms with E-state index in [1.807, 2.05) is 17.5 Å². The Kier molecular flexibility index (Phi) is 6.63. The maximum atomic E-state index is 12.2. The highest BCUT2D eigenvalue weighted by atomic mass is 32.1. The summed E-state index contributed by atoms with van der Waals surface area (Å²) in [5.41, 5.74) is 10.8. The first kappa shape index (κ1) is 23.4. The molecule has 1 saturated carbocycles. The van der Waals surface area contributed by atoms with Gasteiger partial charge in [-0.2, -0.15) is 0 Å². The number of hydrogen-bond acceptors (Lipinski definition) is 5. The van der Waals surface area contributed by atoms with E-state index in [-0.39, 0.29) is 18.2 Å². The van der Waals surface area contributed by atoms with Crippen LogP contribution in [-0.2, 0) is 11.2 Å². The van der Waals surface area contributed by atoms with Crippen molar-refractivity contribution in [3.63, 3.8) is 0 Å². The average Bonchev–Trinajstić information content (AvgIpc) is 3.46. The Balaban J connectivity index is 1.16. The van der Waals surface area contributed by atoms with Gasteiger partial charge in [-0.1, -0.05) is 48.5 Å². The summed E-state index contributed by atoms with van der Waals surface area (Å²) in [6.45, 7) is 0.421. The average molecular weight is 502 g/mol. The molecule has 1 aliphatic heterocycles. The Labute approximate surface area is 214 Å². The quantitative estimate of drug-likeness (QED) is 0.292. The van der Waals surface area contributed by atoms with Gasteiger partial charge < -0.3 is 14.4 Å². The molecule has 2 aliphatic rings. The zero-order chi connectivity index (χ0) is 24.5. The lowest BCUT2D eigenvalue weighted by Gasteiger charge is -2.34. The van der Waals surface area contributed by atoms with E-state index in [0.717, 1.165) is 17.9 Å². The molecule has 36 heavy (non-hydrogen) atoms. The topological polar surface area (TPSA) is 75.5 Å². The molecule has 3 heterocycles. The molecule has 0 spiro atoms. The minimum absolute atomic E-state index is 0.163. The van der Waals surface area contributed by atoms with Crippen molar-refractivity contribution < 1.29 is 14.6 Å². The maximum absolute atomic E-state index is 12.2. The highest BCUT2D eigenvalue weighted by Gasteiger charge is 2.30. The van der Waals surface area contributed by atoms with Crippen LogP contribution in [-0.4, -0.2) is 34.3 Å². The second-order valence-corrected chi connectivity index (χ2v) is 10.9. The molecule has 7 heteroatoms. The van der Waals surface area contributed by atoms with Gasteiger partial charge in [0.05, 0.1) is 22.6 Å². The van der Waals surface area contributed by atoms with Gasteiger partial charge in [0.1, 0.15) is 6.23 Å². The lowest BCUT2D eigenvalue weighted by molar-refractivity contribution is -0.125. The Morgan fingerprint density at radius 2 is 1.89 bits per heavy atom. The monoisotopic (exact) mass is 501 g/mol. The minimum Gasteiger partial charge on any atom is -0.393 e. The molecule has 0 bridgehead atoms. The number of fused-ring (bicyclic) bond motifs is 1. The van der Waals surface area contributed by atoms with Gasteiger partial charge >= 0.3 is 0 Å². The fourth-order valence-corrected chi connectivity index (χ4v) is 5.81. The van der Waals surface area contributed by atoms with Crippen LogP contribution in [0.25, 0.3) is 10.9 Å². The molecule has 186 valence electrons. The van der Waals surface area contributed by atoms with E-state index in [1.165, 1.54) is 46.3 Å². The Hall–Kier alpha value is -2.97. The summed E-state index contributed by atoms with van der Waals surface area (Å²) < 4.78 is 8.60. The fraction of sp³-hybridized carbons (Fsp3) is 0.345. The number of amides is 1. The minimum atomic E-state index is -0.469. The molecule has 3 N–H and O–H groups in total. The lowest BCUT2D eigenvalue weighted by Crippen LogP contribution is -2.45. The molecule has 4 aromatic rings. The van der Waals surface area contributed by atoms with Crippen LogP contribution in [0.3, 0.4) is 0 Å². The van der Waals surface area contributed by atoms with Crippen LogP contribution < -0.4 is 10.9 Å². The van der Waals surface area contributed by atoms with Gasteiger partial charge in [-0.25, -0.2) is 5.43 Å². The van der Waals surface area contributed by atoms with Crippen LogP contribution in [0.15, 0.2) is 72.2 Å². The second-order valence-electron chi connectivity index (χ2n) is 9.92. The molecule has 2 aromatic carbocycles. The van der Waals surface area contributed by atoms with Crippen molar-refractivity contribution in [2.75, 3.05) is 6.54 Å². The fourth-order valence-electron chi connectivity index (χ4n) is 5.19. The van der Waals surface area contributed by atoms with E-state index in [1.54, 1.807) is 6.07 Å². The number of hydrazine groups is 1. The molecule has 1 amide bonds. The number of nitrogens with zero attached hydrogens (tertiary/aromatic N) is 1. The van der Waals surface area contributed by atoms with Crippen molar-refractivity contribution >= 4 is 28.1 Å². The number of benzene rings is 2. The van der Waals surface area contributed by atoms with Crippen molar-refractivity contribution in [2.24, 2.45) is 0 Å². The summed E-state index contributed by atoms with van der Waals surface area (Å²) in [6.07, 6.45) is 5.77. The smallest absolute Gasteiger partial charge is 0.275 e. The van der Waals surface area contributed by atoms with Crippen LogP contribution in [0.5, 0.6) is 0 Å². The number of carbonyl (C=O) groups is 1. The van der Waals surface area contributed by atoms with E-state index in [4.69, 9.17) is 4.74 Å². The number of ether oxygens (including phenoxy) is 1. The van der Waals surface area contributed by atoms with Gasteiger partial charge in [0.2, 0.25) is 0 Å². The summed E-state index contributed by atoms with van der Waals surface area (Å²) in [4.78, 5) is 12.8. The molecule has 2 fully saturated rings. The third-order valence-electron chi connectivity index (χ3n) is 7.19. The number of hydrogen-bond donors (Lipinski definition) is 3. The van der Waals surface area contributed by atoms with Gasteiger partial charge in [-0.3, -0.25) is 10.2 Å². The highest BCUT2D eigenvalue weighted by Crippen LogP contribution is 2.40. The van der Waals surface area contributed by atoms with Gasteiger partial charge in [0, 0.05) is 31.0 Å². The number of rotatable bonds is 8. The van der Waals surface area contributed by atoms with Crippen LogP contribution >= 0.6 is 11.3 Å². The third-order valence-corrected chi connectivity index (χ3v) is 8.06. The molecule has 0 radical (unpaired) electrons. The number of aliphatic hydroxyl groups is 1. The predicted molar refractivity (Wildman–Crippen MR) is 142 cm³/mol. The zero-order valence-corrected chi connectivity index (χ0v) is 20.9. The second kappa shape index (κ2) is 10.2. The van der Waals surface area contributed by atoms with Gasteiger partial charge in [-0.05, 0) is 59.4 Å². The Morgan fingerprint density at radius 3 is 2.67 bits per heavy atom. The van der Waals surface area contributed by atoms with E-state index < -0.39 is 6.10 Å². The molecule has 6 nitrogen and oxygen atoms in total. The summed E-state index contributed by atoms with van der Waals surface area (Å²) in [6, 6.07) is 21.1. The molecule has 6 rings (SSSR count). The van der Waals surface area contributed by atoms with Gasteiger partial charge in [0.15, 0.2) is 0 Å². The number of aromatic nitrogens is 1. The van der Waals surface area contributed by atoms with Crippen molar-refractivity contribution in [1.29, 1.82) is 0 Å². The number of aliphatic hydroxyl groups excluding tert-OH is 1. The first-order chi connectivity index (χ1) is 17.6.